The fraction of sp³-hybridized carbons (Fsp3) is 0.632. The van der Waals surface area contributed by atoms with Crippen LogP contribution < -0.4 is 0 Å². The van der Waals surface area contributed by atoms with Crippen LogP contribution in [-0.2, 0) is 38.1 Å². The van der Waals surface area contributed by atoms with Gasteiger partial charge in [0.1, 0.15) is 19.8 Å². The van der Waals surface area contributed by atoms with Gasteiger partial charge >= 0.3 is 23.9 Å². The van der Waals surface area contributed by atoms with Gasteiger partial charge in [0.05, 0.1) is 0 Å². The molecule has 1 atom stereocenters. The summed E-state index contributed by atoms with van der Waals surface area (Å²) in [5, 5.41) is 0. The van der Waals surface area contributed by atoms with E-state index in [9.17, 15) is 19.2 Å². The summed E-state index contributed by atoms with van der Waals surface area (Å²) in [5.41, 5.74) is 2.97. The predicted molar refractivity (Wildman–Crippen MR) is 270 cm³/mol. The molecule has 8 nitrogen and oxygen atoms in total. The molecule has 0 aliphatic rings. The third-order valence-corrected chi connectivity index (χ3v) is 10.2. The molecule has 0 N–H and O–H groups in total. The zero-order valence-corrected chi connectivity index (χ0v) is 41.2. The molecule has 0 heterocycles. The normalized spacial score (nSPS) is 12.4. The molecular weight excluding hydrogens is 813 g/mol. The van der Waals surface area contributed by atoms with Crippen molar-refractivity contribution in [2.75, 3.05) is 19.8 Å². The van der Waals surface area contributed by atoms with Gasteiger partial charge in [-0.15, -0.1) is 5.73 Å². The number of carbonyl (C=O) groups excluding carboxylic acids is 4. The maximum absolute atomic E-state index is 12.8. The Balaban J connectivity index is 4.62. The number of carbonyl (C=O) groups is 4. The summed E-state index contributed by atoms with van der Waals surface area (Å²) in [6.07, 6.45) is 59.3. The third-order valence-electron chi connectivity index (χ3n) is 10.2. The van der Waals surface area contributed by atoms with Gasteiger partial charge in [0.2, 0.25) is 0 Å². The van der Waals surface area contributed by atoms with E-state index in [0.717, 1.165) is 109 Å². The van der Waals surface area contributed by atoms with Crippen LogP contribution in [0.3, 0.4) is 0 Å². The number of allylic oxidation sites excluding steroid dienone is 13. The van der Waals surface area contributed by atoms with E-state index in [1.807, 2.05) is 12.2 Å². The molecule has 0 aliphatic carbocycles. The zero-order chi connectivity index (χ0) is 47.4. The zero-order valence-electron chi connectivity index (χ0n) is 41.2. The average molecular weight is 903 g/mol. The first kappa shape index (κ1) is 60.6. The lowest BCUT2D eigenvalue weighted by atomic mass is 10.1. The minimum absolute atomic E-state index is 0.108. The van der Waals surface area contributed by atoms with Crippen LogP contribution in [0.5, 0.6) is 0 Å². The van der Waals surface area contributed by atoms with Crippen molar-refractivity contribution in [2.45, 2.75) is 213 Å². The van der Waals surface area contributed by atoms with Gasteiger partial charge in [0.15, 0.2) is 6.10 Å². The molecule has 0 aliphatic heterocycles. The van der Waals surface area contributed by atoms with E-state index in [0.29, 0.717) is 25.7 Å². The van der Waals surface area contributed by atoms with Crippen molar-refractivity contribution < 1.29 is 38.1 Å². The molecule has 0 fully saturated rings. The van der Waals surface area contributed by atoms with E-state index in [2.05, 4.69) is 87.3 Å². The molecule has 0 aromatic heterocycles. The molecule has 0 amide bonds. The predicted octanol–water partition coefficient (Wildman–Crippen LogP) is 15.5. The van der Waals surface area contributed by atoms with Crippen molar-refractivity contribution in [3.05, 3.63) is 103 Å². The molecule has 0 unspecified atom stereocenters. The maximum Gasteiger partial charge on any atom is 0.331 e. The SMILES string of the molecule is CC/C=C\C/C=C\C/C=C\CCCCCCCC(=O)OC[C@H](COC(=O)CCCC=C=CCOC(=O)/C=C\C=C/CCCCC)OC(=O)CCCCCCC/C=C\C/C=C\CCCCC. The molecule has 0 aromatic carbocycles. The topological polar surface area (TPSA) is 105 Å². The van der Waals surface area contributed by atoms with Gasteiger partial charge in [-0.05, 0) is 115 Å². The van der Waals surface area contributed by atoms with Gasteiger partial charge in [-0.2, -0.15) is 0 Å². The summed E-state index contributed by atoms with van der Waals surface area (Å²) in [4.78, 5) is 49.7. The largest absolute Gasteiger partial charge is 0.462 e. The summed E-state index contributed by atoms with van der Waals surface area (Å²) >= 11 is 0. The Morgan fingerprint density at radius 2 is 0.892 bits per heavy atom. The number of hydrogen-bond acceptors (Lipinski definition) is 8. The smallest absolute Gasteiger partial charge is 0.331 e. The second-order valence-corrected chi connectivity index (χ2v) is 16.4. The number of unbranched alkanes of at least 4 members (excludes halogenated alkanes) is 17. The second kappa shape index (κ2) is 50.6. The number of ether oxygens (including phenoxy) is 4. The standard InChI is InChI=1S/C57H90O8/c1-4-7-10-13-16-18-20-22-24-26-28-30-33-37-42-47-55(59)63-51-53(65-57(61)49-44-38-34-31-29-27-25-23-21-19-17-14-11-8-5-2)52-64-56(60)48-43-39-35-40-45-50-62-54(58)46-41-36-32-15-12-9-6-3/h7,10,16-19,22-25,32,35-36,41,45-46,53H,4-6,8-9,11-15,20-21,26-31,33-34,37-39,42-44,47-52H2,1-3H3/b10-7-,18-16-,19-17-,24-22-,25-23-,36-32-,46-41-/t40?,53-/m1/s1. The quantitative estimate of drug-likeness (QED) is 0.0113. The molecule has 0 bridgehead atoms. The Bertz CT molecular complexity index is 1440. The molecule has 0 rings (SSSR count). The van der Waals surface area contributed by atoms with E-state index in [1.54, 1.807) is 18.2 Å². The van der Waals surface area contributed by atoms with E-state index >= 15 is 0 Å². The molecule has 366 valence electrons. The Morgan fingerprint density at radius 3 is 1.45 bits per heavy atom. The highest BCUT2D eigenvalue weighted by molar-refractivity contribution is 5.82. The number of hydrogen-bond donors (Lipinski definition) is 0. The van der Waals surface area contributed by atoms with E-state index in [1.165, 1.54) is 44.6 Å². The molecule has 0 saturated heterocycles. The second-order valence-electron chi connectivity index (χ2n) is 16.4. The van der Waals surface area contributed by atoms with Crippen molar-refractivity contribution in [1.82, 2.24) is 0 Å². The number of esters is 4. The van der Waals surface area contributed by atoms with Crippen molar-refractivity contribution in [3.8, 4) is 0 Å². The maximum atomic E-state index is 12.8. The lowest BCUT2D eigenvalue weighted by Gasteiger charge is -2.18. The molecular formula is C57H90O8. The first-order valence-corrected chi connectivity index (χ1v) is 25.6. The van der Waals surface area contributed by atoms with Gasteiger partial charge < -0.3 is 18.9 Å². The highest BCUT2D eigenvalue weighted by Gasteiger charge is 2.19. The van der Waals surface area contributed by atoms with E-state index < -0.39 is 18.0 Å². The van der Waals surface area contributed by atoms with Crippen LogP contribution >= 0.6 is 0 Å². The third kappa shape index (κ3) is 48.9. The Morgan fingerprint density at radius 1 is 0.431 bits per heavy atom. The van der Waals surface area contributed by atoms with Crippen LogP contribution in [0, 0.1) is 0 Å². The fourth-order valence-corrected chi connectivity index (χ4v) is 6.40. The van der Waals surface area contributed by atoms with Gasteiger partial charge in [-0.3, -0.25) is 14.4 Å². The first-order chi connectivity index (χ1) is 31.9. The highest BCUT2D eigenvalue weighted by atomic mass is 16.6. The summed E-state index contributed by atoms with van der Waals surface area (Å²) in [6, 6.07) is 0. The minimum atomic E-state index is -0.864. The van der Waals surface area contributed by atoms with Gasteiger partial charge in [-0.1, -0.05) is 164 Å². The lowest BCUT2D eigenvalue weighted by Crippen LogP contribution is -2.30. The van der Waals surface area contributed by atoms with Gasteiger partial charge in [0.25, 0.3) is 0 Å². The van der Waals surface area contributed by atoms with Crippen molar-refractivity contribution in [1.29, 1.82) is 0 Å². The Hall–Kier alpha value is -4.42. The summed E-state index contributed by atoms with van der Waals surface area (Å²) in [6.45, 7) is 6.32. The molecule has 65 heavy (non-hydrogen) atoms. The average Bonchev–Trinajstić information content (AvgIpc) is 3.30. The first-order valence-electron chi connectivity index (χ1n) is 25.6. The molecule has 8 heteroatoms. The van der Waals surface area contributed by atoms with E-state index in [4.69, 9.17) is 18.9 Å². The number of rotatable bonds is 44. The fourth-order valence-electron chi connectivity index (χ4n) is 6.40. The van der Waals surface area contributed by atoms with Crippen molar-refractivity contribution in [2.24, 2.45) is 0 Å². The van der Waals surface area contributed by atoms with Crippen LogP contribution in [0.2, 0.25) is 0 Å². The van der Waals surface area contributed by atoms with Crippen LogP contribution in [-0.4, -0.2) is 49.8 Å². The molecule has 0 aromatic rings. The summed E-state index contributed by atoms with van der Waals surface area (Å²) < 4.78 is 21.7. The van der Waals surface area contributed by atoms with Gasteiger partial charge in [0, 0.05) is 25.3 Å². The lowest BCUT2D eigenvalue weighted by molar-refractivity contribution is -0.167. The molecule has 0 spiro atoms. The Kier molecular flexibility index (Phi) is 47.1. The highest BCUT2D eigenvalue weighted by Crippen LogP contribution is 2.12. The van der Waals surface area contributed by atoms with Crippen LogP contribution in [0.1, 0.15) is 207 Å². The van der Waals surface area contributed by atoms with Crippen molar-refractivity contribution >= 4 is 23.9 Å². The monoisotopic (exact) mass is 903 g/mol. The minimum Gasteiger partial charge on any atom is -0.462 e. The summed E-state index contributed by atoms with van der Waals surface area (Å²) in [5.74, 6) is -1.57. The van der Waals surface area contributed by atoms with E-state index in [-0.39, 0.29) is 44.6 Å². The van der Waals surface area contributed by atoms with Crippen LogP contribution in [0.25, 0.3) is 0 Å². The summed E-state index contributed by atoms with van der Waals surface area (Å²) in [7, 11) is 0. The van der Waals surface area contributed by atoms with Gasteiger partial charge in [-0.25, -0.2) is 4.79 Å². The molecule has 0 saturated carbocycles. The molecule has 0 radical (unpaired) electrons. The van der Waals surface area contributed by atoms with Crippen LogP contribution in [0.4, 0.5) is 0 Å². The Labute approximate surface area is 396 Å². The van der Waals surface area contributed by atoms with Crippen LogP contribution in [0.15, 0.2) is 103 Å². The van der Waals surface area contributed by atoms with Crippen molar-refractivity contribution in [3.63, 3.8) is 0 Å².